The van der Waals surface area contributed by atoms with E-state index in [1.807, 2.05) is 42.5 Å². The van der Waals surface area contributed by atoms with Crippen molar-refractivity contribution in [3.63, 3.8) is 0 Å². The molecular weight excluding hydrogens is 378 g/mol. The first-order chi connectivity index (χ1) is 14.5. The number of hydrogen-bond donors (Lipinski definition) is 0. The average molecular weight is 405 g/mol. The maximum absolute atomic E-state index is 12.8. The van der Waals surface area contributed by atoms with Gasteiger partial charge in [-0.05, 0) is 43.8 Å². The minimum atomic E-state index is -0.443. The van der Waals surface area contributed by atoms with Crippen molar-refractivity contribution in [2.45, 2.75) is 20.8 Å². The number of carbonyl (C=O) groups is 1. The van der Waals surface area contributed by atoms with E-state index < -0.39 is 5.97 Å². The topological polar surface area (TPSA) is 63.9 Å². The molecule has 0 N–H and O–H groups in total. The molecule has 3 rings (SSSR count). The predicted molar refractivity (Wildman–Crippen MR) is 120 cm³/mol. The molecule has 0 radical (unpaired) electrons. The van der Waals surface area contributed by atoms with Crippen molar-refractivity contribution >= 4 is 23.8 Å². The lowest BCUT2D eigenvalue weighted by atomic mass is 10.1. The van der Waals surface area contributed by atoms with E-state index in [1.165, 1.54) is 10.6 Å². The summed E-state index contributed by atoms with van der Waals surface area (Å²) in [5.41, 5.74) is 2.77. The van der Waals surface area contributed by atoms with Crippen LogP contribution in [-0.4, -0.2) is 46.5 Å². The normalized spacial score (nSPS) is 11.5. The van der Waals surface area contributed by atoms with Gasteiger partial charge >= 0.3 is 5.97 Å². The molecule has 3 aromatic rings. The molecular formula is C24H27N3O3. The molecule has 0 unspecified atom stereocenters. The van der Waals surface area contributed by atoms with E-state index in [-0.39, 0.29) is 5.56 Å². The van der Waals surface area contributed by atoms with E-state index in [4.69, 9.17) is 4.74 Å². The zero-order valence-corrected chi connectivity index (χ0v) is 17.7. The highest BCUT2D eigenvalue weighted by molar-refractivity contribution is 5.89. The molecule has 6 heteroatoms. The number of benzene rings is 1. The quantitative estimate of drug-likeness (QED) is 0.535. The molecule has 0 aliphatic carbocycles. The van der Waals surface area contributed by atoms with Crippen LogP contribution in [0.3, 0.4) is 0 Å². The van der Waals surface area contributed by atoms with Crippen molar-refractivity contribution < 1.29 is 9.53 Å². The van der Waals surface area contributed by atoms with Crippen LogP contribution < -0.4 is 5.56 Å². The van der Waals surface area contributed by atoms with Gasteiger partial charge in [0, 0.05) is 18.3 Å². The Labute approximate surface area is 176 Å². The van der Waals surface area contributed by atoms with Gasteiger partial charge in [-0.15, -0.1) is 0 Å². The lowest BCUT2D eigenvalue weighted by Gasteiger charge is -2.17. The number of hydrogen-bond acceptors (Lipinski definition) is 5. The summed E-state index contributed by atoms with van der Waals surface area (Å²) >= 11 is 0. The van der Waals surface area contributed by atoms with E-state index in [9.17, 15) is 9.59 Å². The first kappa shape index (κ1) is 21.5. The number of aromatic nitrogens is 2. The van der Waals surface area contributed by atoms with Gasteiger partial charge in [-0.2, -0.15) is 0 Å². The fourth-order valence-electron chi connectivity index (χ4n) is 3.16. The standard InChI is InChI=1S/C24H27N3O3/c1-4-26(5-2)15-16-30-24(29)20-12-14-22-25-21(18(3)23(28)27(22)17-20)13-11-19-9-7-6-8-10-19/h6-14,17H,4-5,15-16H2,1-3H3. The highest BCUT2D eigenvalue weighted by Crippen LogP contribution is 2.11. The minimum Gasteiger partial charge on any atom is -0.461 e. The van der Waals surface area contributed by atoms with Crippen LogP contribution in [0.15, 0.2) is 53.5 Å². The van der Waals surface area contributed by atoms with Gasteiger partial charge in [-0.1, -0.05) is 50.3 Å². The van der Waals surface area contributed by atoms with Crippen molar-refractivity contribution in [2.75, 3.05) is 26.2 Å². The summed E-state index contributed by atoms with van der Waals surface area (Å²) in [6, 6.07) is 13.1. The zero-order valence-electron chi connectivity index (χ0n) is 17.7. The number of nitrogens with zero attached hydrogens (tertiary/aromatic N) is 3. The number of pyridine rings is 1. The first-order valence-corrected chi connectivity index (χ1v) is 10.2. The third-order valence-electron chi connectivity index (χ3n) is 5.09. The fraction of sp³-hybridized carbons (Fsp3) is 0.292. The Morgan fingerprint density at radius 2 is 1.83 bits per heavy atom. The van der Waals surface area contributed by atoms with Gasteiger partial charge in [0.15, 0.2) is 0 Å². The molecule has 30 heavy (non-hydrogen) atoms. The van der Waals surface area contributed by atoms with Crippen molar-refractivity contribution in [3.8, 4) is 0 Å². The summed E-state index contributed by atoms with van der Waals surface area (Å²) in [5.74, 6) is -0.443. The molecule has 0 spiro atoms. The number of rotatable bonds is 8. The van der Waals surface area contributed by atoms with Crippen LogP contribution in [0, 0.1) is 6.92 Å². The third-order valence-corrected chi connectivity index (χ3v) is 5.09. The number of ether oxygens (including phenoxy) is 1. The van der Waals surface area contributed by atoms with Gasteiger partial charge in [-0.25, -0.2) is 9.78 Å². The lowest BCUT2D eigenvalue weighted by Crippen LogP contribution is -2.28. The summed E-state index contributed by atoms with van der Waals surface area (Å²) in [5, 5.41) is 0. The molecule has 0 bridgehead atoms. The van der Waals surface area contributed by atoms with Crippen molar-refractivity contribution in [2.24, 2.45) is 0 Å². The average Bonchev–Trinajstić information content (AvgIpc) is 2.78. The molecule has 0 atom stereocenters. The van der Waals surface area contributed by atoms with E-state index in [0.29, 0.717) is 35.6 Å². The number of fused-ring (bicyclic) bond motifs is 1. The van der Waals surface area contributed by atoms with Gasteiger partial charge in [0.2, 0.25) is 0 Å². The number of likely N-dealkylation sites (N-methyl/N-ethyl adjacent to an activating group) is 1. The molecule has 0 aliphatic heterocycles. The number of carbonyl (C=O) groups excluding carboxylic acids is 1. The lowest BCUT2D eigenvalue weighted by molar-refractivity contribution is 0.0466. The summed E-state index contributed by atoms with van der Waals surface area (Å²) in [7, 11) is 0. The molecule has 156 valence electrons. The molecule has 0 fully saturated rings. The van der Waals surface area contributed by atoms with Crippen molar-refractivity contribution in [3.05, 3.63) is 81.4 Å². The molecule has 0 saturated carbocycles. The van der Waals surface area contributed by atoms with Crippen molar-refractivity contribution in [1.29, 1.82) is 0 Å². The smallest absolute Gasteiger partial charge is 0.339 e. The second-order valence-corrected chi connectivity index (χ2v) is 6.98. The van der Waals surface area contributed by atoms with Crippen LogP contribution in [0.25, 0.3) is 17.8 Å². The highest BCUT2D eigenvalue weighted by atomic mass is 16.5. The van der Waals surface area contributed by atoms with Gasteiger partial charge in [0.25, 0.3) is 5.56 Å². The van der Waals surface area contributed by atoms with Crippen LogP contribution in [0.2, 0.25) is 0 Å². The van der Waals surface area contributed by atoms with Crippen LogP contribution >= 0.6 is 0 Å². The molecule has 1 aromatic carbocycles. The van der Waals surface area contributed by atoms with Crippen LogP contribution in [-0.2, 0) is 4.74 Å². The van der Waals surface area contributed by atoms with Gasteiger partial charge < -0.3 is 9.64 Å². The van der Waals surface area contributed by atoms with E-state index >= 15 is 0 Å². The van der Waals surface area contributed by atoms with E-state index in [2.05, 4.69) is 23.7 Å². The SMILES string of the molecule is CCN(CC)CCOC(=O)c1ccc2nc(C=Cc3ccccc3)c(C)c(=O)n2c1. The number of esters is 1. The van der Waals surface area contributed by atoms with E-state index in [1.54, 1.807) is 19.1 Å². The van der Waals surface area contributed by atoms with Crippen LogP contribution in [0.1, 0.15) is 41.0 Å². The Bertz CT molecular complexity index is 1100. The summed E-state index contributed by atoms with van der Waals surface area (Å²) in [6.07, 6.45) is 5.26. The highest BCUT2D eigenvalue weighted by Gasteiger charge is 2.12. The summed E-state index contributed by atoms with van der Waals surface area (Å²) < 4.78 is 6.76. The molecule has 2 aromatic heterocycles. The Balaban J connectivity index is 1.81. The Kier molecular flexibility index (Phi) is 7.14. The fourth-order valence-corrected chi connectivity index (χ4v) is 3.16. The minimum absolute atomic E-state index is 0.203. The first-order valence-electron chi connectivity index (χ1n) is 10.2. The predicted octanol–water partition coefficient (Wildman–Crippen LogP) is 3.67. The Hall–Kier alpha value is -3.25. The Morgan fingerprint density at radius 1 is 1.10 bits per heavy atom. The largest absolute Gasteiger partial charge is 0.461 e. The van der Waals surface area contributed by atoms with Gasteiger partial charge in [0.1, 0.15) is 12.3 Å². The van der Waals surface area contributed by atoms with E-state index in [0.717, 1.165) is 18.7 Å². The maximum Gasteiger partial charge on any atom is 0.339 e. The third kappa shape index (κ3) is 5.02. The molecule has 0 aliphatic rings. The molecule has 2 heterocycles. The Morgan fingerprint density at radius 3 is 2.53 bits per heavy atom. The monoisotopic (exact) mass is 405 g/mol. The molecule has 6 nitrogen and oxygen atoms in total. The molecule has 0 amide bonds. The summed E-state index contributed by atoms with van der Waals surface area (Å²) in [4.78, 5) is 32.0. The van der Waals surface area contributed by atoms with Gasteiger partial charge in [0.05, 0.1) is 11.3 Å². The zero-order chi connectivity index (χ0) is 21.5. The van der Waals surface area contributed by atoms with Crippen molar-refractivity contribution in [1.82, 2.24) is 14.3 Å². The van der Waals surface area contributed by atoms with Gasteiger partial charge in [-0.3, -0.25) is 9.20 Å². The van der Waals surface area contributed by atoms with Crippen LogP contribution in [0.5, 0.6) is 0 Å². The van der Waals surface area contributed by atoms with Crippen LogP contribution in [0.4, 0.5) is 0 Å². The second kappa shape index (κ2) is 9.98. The second-order valence-electron chi connectivity index (χ2n) is 6.98. The molecule has 0 saturated heterocycles. The maximum atomic E-state index is 12.8. The summed E-state index contributed by atoms with van der Waals surface area (Å²) in [6.45, 7) is 8.69.